The molecule has 4 atom stereocenters. The molecule has 4 aliphatic rings. The zero-order chi connectivity index (χ0) is 23.1. The van der Waals surface area contributed by atoms with Gasteiger partial charge in [0.1, 0.15) is 31.5 Å². The van der Waals surface area contributed by atoms with Crippen LogP contribution >= 0.6 is 0 Å². The Morgan fingerprint density at radius 1 is 0.909 bits per heavy atom. The lowest BCUT2D eigenvalue weighted by atomic mass is 9.79. The van der Waals surface area contributed by atoms with Crippen molar-refractivity contribution >= 4 is 12.1 Å². The van der Waals surface area contributed by atoms with Crippen LogP contribution in [-0.2, 0) is 41.8 Å². The molecule has 2 aromatic rings. The van der Waals surface area contributed by atoms with Gasteiger partial charge in [-0.1, -0.05) is 72.8 Å². The van der Waals surface area contributed by atoms with Crippen molar-refractivity contribution in [3.8, 4) is 0 Å². The first-order valence-electron chi connectivity index (χ1n) is 10.8. The minimum atomic E-state index is -1.53. The maximum atomic E-state index is 13.4. The van der Waals surface area contributed by atoms with Crippen LogP contribution in [0.1, 0.15) is 25.0 Å². The van der Waals surface area contributed by atoms with E-state index in [9.17, 15) is 9.59 Å². The number of nitrogens with zero attached hydrogens (tertiary/aromatic N) is 1. The maximum absolute atomic E-state index is 13.4. The fourth-order valence-electron chi connectivity index (χ4n) is 4.45. The van der Waals surface area contributed by atoms with E-state index in [2.05, 4.69) is 0 Å². The summed E-state index contributed by atoms with van der Waals surface area (Å²) in [5.74, 6) is -1.68. The number of rotatable bonds is 5. The topological polar surface area (TPSA) is 83.5 Å². The van der Waals surface area contributed by atoms with Crippen molar-refractivity contribution in [2.24, 2.45) is 0 Å². The number of carbonyl (C=O) groups excluding carboxylic acids is 2. The molecule has 33 heavy (non-hydrogen) atoms. The molecule has 0 aromatic heterocycles. The van der Waals surface area contributed by atoms with E-state index >= 15 is 0 Å². The molecule has 0 unspecified atom stereocenters. The lowest BCUT2D eigenvalue weighted by Crippen LogP contribution is -2.71. The largest absolute Gasteiger partial charge is 0.459 e. The van der Waals surface area contributed by atoms with Crippen LogP contribution in [0.4, 0.5) is 4.79 Å². The zero-order valence-electron chi connectivity index (χ0n) is 18.4. The predicted molar refractivity (Wildman–Crippen MR) is 115 cm³/mol. The van der Waals surface area contributed by atoms with Crippen molar-refractivity contribution in [1.82, 2.24) is 5.06 Å². The number of fused-ring (bicyclic) bond motifs is 1. The van der Waals surface area contributed by atoms with Gasteiger partial charge < -0.3 is 18.9 Å². The lowest BCUT2D eigenvalue weighted by molar-refractivity contribution is -0.283. The Morgan fingerprint density at radius 3 is 2.15 bits per heavy atom. The highest BCUT2D eigenvalue weighted by atomic mass is 16.8. The van der Waals surface area contributed by atoms with E-state index in [-0.39, 0.29) is 13.2 Å². The second kappa shape index (κ2) is 8.30. The second-order valence-electron chi connectivity index (χ2n) is 8.66. The third-order valence-corrected chi connectivity index (χ3v) is 5.88. The van der Waals surface area contributed by atoms with Gasteiger partial charge in [-0.3, -0.25) is 4.84 Å². The summed E-state index contributed by atoms with van der Waals surface area (Å²) < 4.78 is 23.3. The molecule has 0 spiro atoms. The molecule has 2 fully saturated rings. The maximum Gasteiger partial charge on any atom is 0.434 e. The smallest absolute Gasteiger partial charge is 0.434 e. The van der Waals surface area contributed by atoms with Gasteiger partial charge in [0.05, 0.1) is 0 Å². The molecule has 1 amide bonds. The Labute approximate surface area is 191 Å². The Balaban J connectivity index is 1.34. The third-order valence-electron chi connectivity index (χ3n) is 5.88. The first-order chi connectivity index (χ1) is 15.9. The summed E-state index contributed by atoms with van der Waals surface area (Å²) in [7, 11) is 0. The number of hydroxylamine groups is 2. The number of hydrogen-bond acceptors (Lipinski definition) is 7. The van der Waals surface area contributed by atoms with Gasteiger partial charge in [0.2, 0.25) is 5.60 Å². The highest BCUT2D eigenvalue weighted by molar-refractivity contribution is 5.84. The highest BCUT2D eigenvalue weighted by Crippen LogP contribution is 2.49. The molecule has 2 bridgehead atoms. The van der Waals surface area contributed by atoms with E-state index in [1.54, 1.807) is 26.0 Å². The first-order valence-corrected chi connectivity index (χ1v) is 10.8. The van der Waals surface area contributed by atoms with Crippen LogP contribution in [-0.4, -0.2) is 46.8 Å². The predicted octanol–water partition coefficient (Wildman–Crippen LogP) is 3.51. The average molecular weight is 451 g/mol. The van der Waals surface area contributed by atoms with E-state index < -0.39 is 41.7 Å². The molecule has 6 rings (SSSR count). The quantitative estimate of drug-likeness (QED) is 0.508. The fourth-order valence-corrected chi connectivity index (χ4v) is 4.45. The number of carbonyl (C=O) groups is 2. The van der Waals surface area contributed by atoms with Crippen LogP contribution in [0.2, 0.25) is 0 Å². The Hall–Kier alpha value is -3.20. The Bertz CT molecular complexity index is 1050. The van der Waals surface area contributed by atoms with Crippen molar-refractivity contribution in [2.75, 3.05) is 0 Å². The summed E-state index contributed by atoms with van der Waals surface area (Å²) in [4.78, 5) is 32.1. The van der Waals surface area contributed by atoms with Crippen molar-refractivity contribution in [3.05, 3.63) is 83.9 Å². The minimum absolute atomic E-state index is 0.0852. The SMILES string of the molecule is CC1(C)O[C@@H]2[C@@H]3C=C[C@@H](ON3C(=O)OCc3ccccc3)[C@]2(C(=O)OCc2ccccc2)O1. The molecule has 0 N–H and O–H groups in total. The van der Waals surface area contributed by atoms with Crippen molar-refractivity contribution in [1.29, 1.82) is 0 Å². The van der Waals surface area contributed by atoms with Crippen LogP contribution in [0.3, 0.4) is 0 Å². The van der Waals surface area contributed by atoms with Gasteiger partial charge in [0.25, 0.3) is 0 Å². The van der Waals surface area contributed by atoms with Crippen molar-refractivity contribution < 1.29 is 33.4 Å². The summed E-state index contributed by atoms with van der Waals surface area (Å²) in [6.45, 7) is 3.62. The molecule has 1 aliphatic carbocycles. The van der Waals surface area contributed by atoms with Crippen molar-refractivity contribution in [3.63, 3.8) is 0 Å². The number of hydrogen-bond donors (Lipinski definition) is 0. The number of amides is 1. The normalized spacial score (nSPS) is 28.9. The first kappa shape index (κ1) is 21.6. The van der Waals surface area contributed by atoms with Gasteiger partial charge in [0, 0.05) is 0 Å². The van der Waals surface area contributed by atoms with E-state index in [4.69, 9.17) is 23.8 Å². The van der Waals surface area contributed by atoms with E-state index in [0.717, 1.165) is 16.2 Å². The van der Waals surface area contributed by atoms with Gasteiger partial charge in [-0.25, -0.2) is 9.59 Å². The summed E-state index contributed by atoms with van der Waals surface area (Å²) >= 11 is 0. The van der Waals surface area contributed by atoms with Crippen LogP contribution in [0.15, 0.2) is 72.8 Å². The minimum Gasteiger partial charge on any atom is -0.459 e. The summed E-state index contributed by atoms with van der Waals surface area (Å²) in [5.41, 5.74) is 0.165. The standard InChI is InChI=1S/C25H25NO7/c1-24(2)31-21-19-13-14-20(32-26(19)23(28)30-16-18-11-7-4-8-12-18)25(21,33-24)22(27)29-15-17-9-5-3-6-10-17/h3-14,19-21H,15-16H2,1-2H3/t19-,20+,21+,25-/m0/s1. The lowest BCUT2D eigenvalue weighted by Gasteiger charge is -2.49. The number of benzene rings is 2. The van der Waals surface area contributed by atoms with Gasteiger partial charge in [-0.2, -0.15) is 5.06 Å². The zero-order valence-corrected chi connectivity index (χ0v) is 18.4. The highest BCUT2D eigenvalue weighted by Gasteiger charge is 2.71. The van der Waals surface area contributed by atoms with Crippen LogP contribution in [0, 0.1) is 0 Å². The summed E-state index contributed by atoms with van der Waals surface area (Å²) in [5, 5.41) is 1.12. The second-order valence-corrected chi connectivity index (χ2v) is 8.66. The van der Waals surface area contributed by atoms with Gasteiger partial charge in [-0.15, -0.1) is 0 Å². The third kappa shape index (κ3) is 3.90. The number of esters is 1. The van der Waals surface area contributed by atoms with Crippen LogP contribution in [0.5, 0.6) is 0 Å². The fraction of sp³-hybridized carbons (Fsp3) is 0.360. The van der Waals surface area contributed by atoms with Crippen LogP contribution in [0.25, 0.3) is 0 Å². The molecule has 0 radical (unpaired) electrons. The molecule has 8 nitrogen and oxygen atoms in total. The van der Waals surface area contributed by atoms with E-state index in [1.807, 2.05) is 60.7 Å². The molecule has 3 heterocycles. The Morgan fingerprint density at radius 2 is 1.52 bits per heavy atom. The molecule has 2 saturated heterocycles. The monoisotopic (exact) mass is 451 g/mol. The van der Waals surface area contributed by atoms with Gasteiger partial charge >= 0.3 is 12.1 Å². The average Bonchev–Trinajstić information content (AvgIpc) is 3.16. The molecule has 3 aliphatic heterocycles. The molecular weight excluding hydrogens is 426 g/mol. The molecule has 2 aromatic carbocycles. The molecule has 8 heteroatoms. The summed E-state index contributed by atoms with van der Waals surface area (Å²) in [6.07, 6.45) is 1.08. The van der Waals surface area contributed by atoms with E-state index in [1.165, 1.54) is 0 Å². The van der Waals surface area contributed by atoms with E-state index in [0.29, 0.717) is 0 Å². The summed E-state index contributed by atoms with van der Waals surface area (Å²) in [6, 6.07) is 18.0. The van der Waals surface area contributed by atoms with Crippen LogP contribution < -0.4 is 0 Å². The Kier molecular flexibility index (Phi) is 5.44. The van der Waals surface area contributed by atoms with Crippen molar-refractivity contribution in [2.45, 2.75) is 56.7 Å². The molecule has 172 valence electrons. The molecular formula is C25H25NO7. The number of ether oxygens (including phenoxy) is 4. The molecule has 0 saturated carbocycles. The van der Waals surface area contributed by atoms with Gasteiger partial charge in [-0.05, 0) is 25.0 Å². The van der Waals surface area contributed by atoms with Gasteiger partial charge in [0.15, 0.2) is 5.79 Å².